The van der Waals surface area contributed by atoms with Crippen LogP contribution in [0.4, 0.5) is 5.69 Å². The number of ether oxygens (including phenoxy) is 1. The number of anilines is 1. The fourth-order valence-corrected chi connectivity index (χ4v) is 5.58. The van der Waals surface area contributed by atoms with Crippen LogP contribution in [0.25, 0.3) is 5.76 Å². The van der Waals surface area contributed by atoms with Gasteiger partial charge in [0, 0.05) is 35.8 Å². The summed E-state index contributed by atoms with van der Waals surface area (Å²) in [4.78, 5) is 26.5. The number of Topliss-reactive ketones (excluding diaryl/α,β-unsaturated/α-hetero) is 1. The van der Waals surface area contributed by atoms with Crippen molar-refractivity contribution in [3.63, 3.8) is 0 Å². The van der Waals surface area contributed by atoms with Crippen molar-refractivity contribution in [3.8, 4) is 5.75 Å². The molecule has 1 aromatic carbocycles. The smallest absolute Gasteiger partial charge is 0.256 e. The maximum absolute atomic E-state index is 12.6. The Balaban J connectivity index is 1.71. The molecule has 4 aliphatic rings. The molecule has 0 radical (unpaired) electrons. The maximum Gasteiger partial charge on any atom is 0.256 e. The lowest BCUT2D eigenvalue weighted by molar-refractivity contribution is -0.123. The summed E-state index contributed by atoms with van der Waals surface area (Å²) < 4.78 is 5.43. The Labute approximate surface area is 189 Å². The van der Waals surface area contributed by atoms with E-state index in [0.717, 1.165) is 11.3 Å². The van der Waals surface area contributed by atoms with Gasteiger partial charge in [-0.3, -0.25) is 9.59 Å². The highest BCUT2D eigenvalue weighted by atomic mass is 16.5. The number of benzene rings is 1. The number of nitrogens with zero attached hydrogens (tertiary/aromatic N) is 1. The third kappa shape index (κ3) is 3.01. The molecule has 1 aliphatic heterocycles. The highest BCUT2D eigenvalue weighted by Gasteiger charge is 2.49. The molecule has 1 fully saturated rings. The second-order valence-electron chi connectivity index (χ2n) is 8.80. The number of phenols is 1. The number of hydrogen-bond donors (Lipinski definition) is 6. The molecule has 0 bridgehead atoms. The molecule has 8 N–H and O–H groups in total. The molecular formula is C23H25N3O7. The number of rotatable bonds is 2. The third-order valence-electron chi connectivity index (χ3n) is 7.11. The summed E-state index contributed by atoms with van der Waals surface area (Å²) in [6.07, 6.45) is 0.622. The molecule has 0 spiro atoms. The number of aliphatic hydroxyl groups excluding tert-OH is 3. The average molecular weight is 455 g/mol. The lowest BCUT2D eigenvalue weighted by Gasteiger charge is -2.41. The number of phenolic OH excluding ortho intramolecular Hbond substituents is 1. The summed E-state index contributed by atoms with van der Waals surface area (Å²) in [5, 5.41) is 43.5. The molecule has 3 atom stereocenters. The topological polar surface area (TPSA) is 180 Å². The van der Waals surface area contributed by atoms with Crippen LogP contribution in [0.1, 0.15) is 17.5 Å². The molecule has 5 rings (SSSR count). The number of aliphatic hydroxyl groups is 3. The zero-order valence-corrected chi connectivity index (χ0v) is 17.7. The van der Waals surface area contributed by atoms with Gasteiger partial charge in [0.2, 0.25) is 0 Å². The lowest BCUT2D eigenvalue weighted by atomic mass is 9.65. The van der Waals surface area contributed by atoms with Crippen molar-refractivity contribution in [2.75, 3.05) is 31.2 Å². The van der Waals surface area contributed by atoms with Crippen LogP contribution in [-0.4, -0.2) is 64.5 Å². The number of carbonyl (C=O) groups is 2. The Kier molecular flexibility index (Phi) is 4.87. The first-order valence-corrected chi connectivity index (χ1v) is 10.8. The van der Waals surface area contributed by atoms with Crippen molar-refractivity contribution in [3.05, 3.63) is 51.5 Å². The standard InChI is InChI=1S/C23H25N3O7/c24-18-11-8-9-7-10-12(26-3-5-33-6-4-26)1-2-13(27)15(10)19(28)14(9)20(29)16(11)21(30)17(22(18)31)23(25)32/h1-2,9,11,18,27-30H,3-8,24H2,(H2,25,32)/t9-,11+,18+/m0/s1. The number of primary amides is 1. The highest BCUT2D eigenvalue weighted by Crippen LogP contribution is 2.52. The van der Waals surface area contributed by atoms with Crippen LogP contribution in [0, 0.1) is 11.8 Å². The minimum atomic E-state index is -1.17. The van der Waals surface area contributed by atoms with Crippen molar-refractivity contribution >= 4 is 23.1 Å². The largest absolute Gasteiger partial charge is 0.507 e. The number of morpholine rings is 1. The van der Waals surface area contributed by atoms with Gasteiger partial charge in [0.1, 0.15) is 28.6 Å². The molecule has 0 saturated carbocycles. The van der Waals surface area contributed by atoms with Gasteiger partial charge >= 0.3 is 0 Å². The Hall–Kier alpha value is -3.50. The molecule has 33 heavy (non-hydrogen) atoms. The molecular weight excluding hydrogens is 430 g/mol. The van der Waals surface area contributed by atoms with Crippen molar-refractivity contribution < 1.29 is 34.8 Å². The molecule has 3 aliphatic carbocycles. The number of nitrogens with two attached hydrogens (primary N) is 2. The van der Waals surface area contributed by atoms with Crippen LogP contribution in [0.15, 0.2) is 40.4 Å². The Bertz CT molecular complexity index is 1180. The van der Waals surface area contributed by atoms with E-state index < -0.39 is 46.7 Å². The second-order valence-corrected chi connectivity index (χ2v) is 8.80. The fourth-order valence-electron chi connectivity index (χ4n) is 5.58. The van der Waals surface area contributed by atoms with E-state index in [9.17, 15) is 30.0 Å². The predicted molar refractivity (Wildman–Crippen MR) is 117 cm³/mol. The summed E-state index contributed by atoms with van der Waals surface area (Å²) in [6.45, 7) is 2.44. The Morgan fingerprint density at radius 2 is 1.73 bits per heavy atom. The summed E-state index contributed by atoms with van der Waals surface area (Å²) in [5.74, 6) is -4.71. The van der Waals surface area contributed by atoms with Gasteiger partial charge < -0.3 is 41.5 Å². The first kappa shape index (κ1) is 21.4. The van der Waals surface area contributed by atoms with Gasteiger partial charge in [-0.1, -0.05) is 0 Å². The maximum atomic E-state index is 12.6. The van der Waals surface area contributed by atoms with Gasteiger partial charge in [0.05, 0.1) is 24.8 Å². The molecule has 0 aromatic heterocycles. The molecule has 10 nitrogen and oxygen atoms in total. The molecule has 1 amide bonds. The minimum Gasteiger partial charge on any atom is -0.507 e. The van der Waals surface area contributed by atoms with Crippen molar-refractivity contribution in [1.82, 2.24) is 0 Å². The van der Waals surface area contributed by atoms with Crippen molar-refractivity contribution in [2.45, 2.75) is 18.9 Å². The highest BCUT2D eigenvalue weighted by molar-refractivity contribution is 6.22. The van der Waals surface area contributed by atoms with E-state index in [1.165, 1.54) is 6.07 Å². The quantitative estimate of drug-likeness (QED) is 0.350. The number of fused-ring (bicyclic) bond motifs is 3. The zero-order chi connectivity index (χ0) is 23.6. The van der Waals surface area contributed by atoms with Crippen LogP contribution in [-0.2, 0) is 20.7 Å². The number of allylic oxidation sites excluding steroid dienone is 2. The van der Waals surface area contributed by atoms with Gasteiger partial charge in [-0.15, -0.1) is 0 Å². The van der Waals surface area contributed by atoms with Crippen molar-refractivity contribution in [2.24, 2.45) is 23.3 Å². The SMILES string of the molecule is NC(=O)C1=C(O)C2=C(O)C3=C(O)c4c(O)ccc(N5CCOCC5)c4C[C@H]3C[C@H]2[C@@H](N)C1=O. The molecule has 174 valence electrons. The van der Waals surface area contributed by atoms with Crippen LogP contribution in [0.3, 0.4) is 0 Å². The first-order chi connectivity index (χ1) is 15.7. The molecule has 1 aromatic rings. The van der Waals surface area contributed by atoms with Gasteiger partial charge in [-0.25, -0.2) is 0 Å². The third-order valence-corrected chi connectivity index (χ3v) is 7.11. The Morgan fingerprint density at radius 3 is 2.39 bits per heavy atom. The van der Waals surface area contributed by atoms with E-state index in [0.29, 0.717) is 32.7 Å². The van der Waals surface area contributed by atoms with E-state index in [4.69, 9.17) is 16.2 Å². The number of amides is 1. The number of ketones is 1. The zero-order valence-electron chi connectivity index (χ0n) is 17.7. The lowest BCUT2D eigenvalue weighted by Crippen LogP contribution is -2.49. The number of hydrogen-bond acceptors (Lipinski definition) is 9. The van der Waals surface area contributed by atoms with Gasteiger partial charge in [-0.05, 0) is 36.5 Å². The minimum absolute atomic E-state index is 0.0824. The summed E-state index contributed by atoms with van der Waals surface area (Å²) in [7, 11) is 0. The van der Waals surface area contributed by atoms with Gasteiger partial charge in [0.15, 0.2) is 5.78 Å². The van der Waals surface area contributed by atoms with Crippen molar-refractivity contribution in [1.29, 1.82) is 0 Å². The van der Waals surface area contributed by atoms with E-state index >= 15 is 0 Å². The number of aromatic hydroxyl groups is 1. The van der Waals surface area contributed by atoms with Crippen LogP contribution in [0.5, 0.6) is 5.75 Å². The van der Waals surface area contributed by atoms with Crippen LogP contribution >= 0.6 is 0 Å². The van der Waals surface area contributed by atoms with Crippen LogP contribution < -0.4 is 16.4 Å². The van der Waals surface area contributed by atoms with E-state index in [-0.39, 0.29) is 34.6 Å². The Morgan fingerprint density at radius 1 is 1.03 bits per heavy atom. The summed E-state index contributed by atoms with van der Waals surface area (Å²) >= 11 is 0. The normalized spacial score (nSPS) is 27.4. The molecule has 10 heteroatoms. The van der Waals surface area contributed by atoms with Gasteiger partial charge in [0.25, 0.3) is 5.91 Å². The van der Waals surface area contributed by atoms with E-state index in [1.54, 1.807) is 6.07 Å². The van der Waals surface area contributed by atoms with E-state index in [1.807, 2.05) is 0 Å². The fraction of sp³-hybridized carbons (Fsp3) is 0.391. The number of carbonyl (C=O) groups excluding carboxylic acids is 2. The van der Waals surface area contributed by atoms with E-state index in [2.05, 4.69) is 4.90 Å². The van der Waals surface area contributed by atoms with Crippen LogP contribution in [0.2, 0.25) is 0 Å². The molecule has 1 saturated heterocycles. The monoisotopic (exact) mass is 455 g/mol. The summed E-state index contributed by atoms with van der Waals surface area (Å²) in [5.41, 5.74) is 12.6. The predicted octanol–water partition coefficient (Wildman–Crippen LogP) is 0.710. The molecule has 0 unspecified atom stereocenters. The average Bonchev–Trinajstić information content (AvgIpc) is 2.77. The van der Waals surface area contributed by atoms with Gasteiger partial charge in [-0.2, -0.15) is 0 Å². The second kappa shape index (κ2) is 7.53. The summed E-state index contributed by atoms with van der Waals surface area (Å²) in [6, 6.07) is 2.12. The molecule has 1 heterocycles. The first-order valence-electron chi connectivity index (χ1n) is 10.8.